The maximum absolute atomic E-state index is 12.0. The molecular weight excluding hydrogens is 354 g/mol. The Hall–Kier alpha value is -0.440. The summed E-state index contributed by atoms with van der Waals surface area (Å²) < 4.78 is 48.6. The van der Waals surface area contributed by atoms with E-state index >= 15 is 0 Å². The standard InChI is InChI=1S/C11H16BrNO4S2/c1-9(8-18(2,14)15)13-19(16,17)11-5-3-10(7-12)4-6-11/h3-6,9,13H,7-8H2,1-2H3. The summed E-state index contributed by atoms with van der Waals surface area (Å²) in [5.41, 5.74) is 0.961. The predicted octanol–water partition coefficient (Wildman–Crippen LogP) is 1.29. The Morgan fingerprint density at radius 1 is 1.16 bits per heavy atom. The quantitative estimate of drug-likeness (QED) is 0.766. The molecule has 0 bridgehead atoms. The fraction of sp³-hybridized carbons (Fsp3) is 0.455. The van der Waals surface area contributed by atoms with E-state index < -0.39 is 25.9 Å². The van der Waals surface area contributed by atoms with E-state index in [9.17, 15) is 16.8 Å². The molecule has 1 atom stereocenters. The van der Waals surface area contributed by atoms with Crippen LogP contribution in [0, 0.1) is 0 Å². The molecule has 0 radical (unpaired) electrons. The highest BCUT2D eigenvalue weighted by Gasteiger charge is 2.19. The van der Waals surface area contributed by atoms with Gasteiger partial charge in [-0.25, -0.2) is 21.6 Å². The number of sulfone groups is 1. The van der Waals surface area contributed by atoms with E-state index in [1.807, 2.05) is 0 Å². The van der Waals surface area contributed by atoms with Crippen LogP contribution in [-0.4, -0.2) is 34.9 Å². The number of rotatable bonds is 6. The average molecular weight is 370 g/mol. The minimum absolute atomic E-state index is 0.123. The molecule has 0 aliphatic heterocycles. The minimum atomic E-state index is -3.69. The smallest absolute Gasteiger partial charge is 0.229 e. The van der Waals surface area contributed by atoms with Gasteiger partial charge in [-0.15, -0.1) is 0 Å². The molecule has 108 valence electrons. The van der Waals surface area contributed by atoms with Gasteiger partial charge in [-0.3, -0.25) is 0 Å². The van der Waals surface area contributed by atoms with Crippen molar-refractivity contribution < 1.29 is 16.8 Å². The molecule has 0 heterocycles. The van der Waals surface area contributed by atoms with E-state index in [1.165, 1.54) is 19.1 Å². The van der Waals surface area contributed by atoms with E-state index in [4.69, 9.17) is 0 Å². The van der Waals surface area contributed by atoms with Gasteiger partial charge in [0.05, 0.1) is 10.6 Å². The lowest BCUT2D eigenvalue weighted by Crippen LogP contribution is -2.37. The zero-order valence-electron chi connectivity index (χ0n) is 10.6. The average Bonchev–Trinajstić information content (AvgIpc) is 2.25. The van der Waals surface area contributed by atoms with Crippen LogP contribution in [0.2, 0.25) is 0 Å². The molecule has 1 unspecified atom stereocenters. The van der Waals surface area contributed by atoms with E-state index in [2.05, 4.69) is 20.7 Å². The number of hydrogen-bond donors (Lipinski definition) is 1. The maximum Gasteiger partial charge on any atom is 0.240 e. The molecule has 1 aromatic carbocycles. The normalized spacial score (nSPS) is 14.3. The van der Waals surface area contributed by atoms with Crippen molar-refractivity contribution in [2.75, 3.05) is 12.0 Å². The number of halogens is 1. The van der Waals surface area contributed by atoms with Crippen LogP contribution in [0.4, 0.5) is 0 Å². The zero-order valence-corrected chi connectivity index (χ0v) is 13.8. The first-order valence-electron chi connectivity index (χ1n) is 5.49. The van der Waals surface area contributed by atoms with Crippen LogP contribution in [0.15, 0.2) is 29.2 Å². The second-order valence-electron chi connectivity index (χ2n) is 4.39. The van der Waals surface area contributed by atoms with Crippen LogP contribution in [-0.2, 0) is 25.2 Å². The van der Waals surface area contributed by atoms with E-state index in [-0.39, 0.29) is 10.6 Å². The molecule has 0 spiro atoms. The van der Waals surface area contributed by atoms with E-state index in [0.29, 0.717) is 5.33 Å². The molecule has 8 heteroatoms. The van der Waals surface area contributed by atoms with Crippen molar-refractivity contribution in [3.05, 3.63) is 29.8 Å². The third-order valence-electron chi connectivity index (χ3n) is 2.30. The third-order valence-corrected chi connectivity index (χ3v) is 5.66. The summed E-state index contributed by atoms with van der Waals surface area (Å²) in [6.07, 6.45) is 1.07. The number of sulfonamides is 1. The van der Waals surface area contributed by atoms with Crippen molar-refractivity contribution in [3.8, 4) is 0 Å². The van der Waals surface area contributed by atoms with E-state index in [1.54, 1.807) is 12.1 Å². The molecule has 0 aliphatic carbocycles. The van der Waals surface area contributed by atoms with Crippen LogP contribution in [0.25, 0.3) is 0 Å². The SMILES string of the molecule is CC(CS(C)(=O)=O)NS(=O)(=O)c1ccc(CBr)cc1. The van der Waals surface area contributed by atoms with Gasteiger partial charge in [-0.05, 0) is 24.6 Å². The molecule has 0 aromatic heterocycles. The van der Waals surface area contributed by atoms with Crippen LogP contribution in [0.5, 0.6) is 0 Å². The Morgan fingerprint density at radius 3 is 2.11 bits per heavy atom. The molecule has 5 nitrogen and oxygen atoms in total. The summed E-state index contributed by atoms with van der Waals surface area (Å²) in [6, 6.07) is 5.71. The first kappa shape index (κ1) is 16.6. The molecular formula is C11H16BrNO4S2. The Balaban J connectivity index is 2.86. The molecule has 0 saturated carbocycles. The highest BCUT2D eigenvalue weighted by molar-refractivity contribution is 9.08. The largest absolute Gasteiger partial charge is 0.240 e. The van der Waals surface area contributed by atoms with Gasteiger partial charge in [-0.2, -0.15) is 0 Å². The fourth-order valence-electron chi connectivity index (χ4n) is 1.58. The van der Waals surface area contributed by atoms with Crippen molar-refractivity contribution in [2.45, 2.75) is 23.2 Å². The van der Waals surface area contributed by atoms with Crippen LogP contribution >= 0.6 is 15.9 Å². The molecule has 0 aliphatic rings. The molecule has 1 aromatic rings. The first-order chi connectivity index (χ1) is 8.64. The summed E-state index contributed by atoms with van der Waals surface area (Å²) in [5.74, 6) is -0.230. The number of alkyl halides is 1. The van der Waals surface area contributed by atoms with Crippen LogP contribution in [0.1, 0.15) is 12.5 Å². The summed E-state index contributed by atoms with van der Waals surface area (Å²) in [6.45, 7) is 1.52. The van der Waals surface area contributed by atoms with Crippen molar-refractivity contribution in [2.24, 2.45) is 0 Å². The fourth-order valence-corrected chi connectivity index (χ4v) is 4.29. The number of nitrogens with one attached hydrogen (secondary N) is 1. The first-order valence-corrected chi connectivity index (χ1v) is 10.2. The number of benzene rings is 1. The zero-order chi connectivity index (χ0) is 14.7. The Kier molecular flexibility index (Phi) is 5.54. The lowest BCUT2D eigenvalue weighted by Gasteiger charge is -2.13. The van der Waals surface area contributed by atoms with Crippen molar-refractivity contribution in [3.63, 3.8) is 0 Å². The topological polar surface area (TPSA) is 80.3 Å². The van der Waals surface area contributed by atoms with Crippen molar-refractivity contribution in [1.82, 2.24) is 4.72 Å². The lowest BCUT2D eigenvalue weighted by atomic mass is 10.2. The van der Waals surface area contributed by atoms with Crippen molar-refractivity contribution in [1.29, 1.82) is 0 Å². The van der Waals surface area contributed by atoms with E-state index in [0.717, 1.165) is 11.8 Å². The van der Waals surface area contributed by atoms with Gasteiger partial charge >= 0.3 is 0 Å². The second kappa shape index (κ2) is 6.34. The highest BCUT2D eigenvalue weighted by Crippen LogP contribution is 2.13. The minimum Gasteiger partial charge on any atom is -0.229 e. The lowest BCUT2D eigenvalue weighted by molar-refractivity contribution is 0.564. The van der Waals surface area contributed by atoms with Crippen molar-refractivity contribution >= 4 is 35.8 Å². The number of hydrogen-bond acceptors (Lipinski definition) is 4. The highest BCUT2D eigenvalue weighted by atomic mass is 79.9. The summed E-state index contributed by atoms with van der Waals surface area (Å²) >= 11 is 3.27. The summed E-state index contributed by atoms with van der Waals surface area (Å²) in [5, 5.41) is 0.644. The summed E-state index contributed by atoms with van der Waals surface area (Å²) in [7, 11) is -6.91. The monoisotopic (exact) mass is 369 g/mol. The molecule has 0 saturated heterocycles. The Morgan fingerprint density at radius 2 is 1.68 bits per heavy atom. The van der Waals surface area contributed by atoms with Crippen LogP contribution in [0.3, 0.4) is 0 Å². The van der Waals surface area contributed by atoms with Gasteiger partial charge in [0.25, 0.3) is 0 Å². The molecule has 0 fully saturated rings. The Bertz CT molecular complexity index is 623. The van der Waals surface area contributed by atoms with Gasteiger partial charge in [-0.1, -0.05) is 28.1 Å². The van der Waals surface area contributed by atoms with Crippen LogP contribution < -0.4 is 4.72 Å². The molecule has 1 rings (SSSR count). The maximum atomic E-state index is 12.0. The second-order valence-corrected chi connectivity index (χ2v) is 8.85. The van der Waals surface area contributed by atoms with Gasteiger partial charge < -0.3 is 0 Å². The molecule has 1 N–H and O–H groups in total. The van der Waals surface area contributed by atoms with Gasteiger partial charge in [0.2, 0.25) is 10.0 Å². The molecule has 0 amide bonds. The summed E-state index contributed by atoms with van der Waals surface area (Å²) in [4.78, 5) is 0.123. The Labute approximate surface area is 122 Å². The van der Waals surface area contributed by atoms with Gasteiger partial charge in [0, 0.05) is 17.6 Å². The van der Waals surface area contributed by atoms with Gasteiger partial charge in [0.15, 0.2) is 0 Å². The molecule has 19 heavy (non-hydrogen) atoms. The van der Waals surface area contributed by atoms with Gasteiger partial charge in [0.1, 0.15) is 9.84 Å². The third kappa shape index (κ3) is 5.60. The predicted molar refractivity (Wildman–Crippen MR) is 78.6 cm³/mol.